The zero-order valence-corrected chi connectivity index (χ0v) is 21.0. The van der Waals surface area contributed by atoms with Gasteiger partial charge in [0.05, 0.1) is 34.8 Å². The lowest BCUT2D eigenvalue weighted by Crippen LogP contribution is -2.27. The van der Waals surface area contributed by atoms with Crippen LogP contribution in [-0.4, -0.2) is 26.5 Å². The van der Waals surface area contributed by atoms with Crippen LogP contribution in [0.5, 0.6) is 0 Å². The highest BCUT2D eigenvalue weighted by atomic mass is 19.1. The van der Waals surface area contributed by atoms with Gasteiger partial charge in [-0.15, -0.1) is 0 Å². The predicted molar refractivity (Wildman–Crippen MR) is 139 cm³/mol. The second kappa shape index (κ2) is 11.0. The zero-order valence-electron chi connectivity index (χ0n) is 21.0. The molecule has 0 fully saturated rings. The van der Waals surface area contributed by atoms with Crippen molar-refractivity contribution >= 4 is 23.6 Å². The minimum Gasteiger partial charge on any atom is -0.465 e. The summed E-state index contributed by atoms with van der Waals surface area (Å²) < 4.78 is 25.1. The summed E-state index contributed by atoms with van der Waals surface area (Å²) >= 11 is 0. The van der Waals surface area contributed by atoms with Crippen molar-refractivity contribution < 1.29 is 23.3 Å². The second-order valence-corrected chi connectivity index (χ2v) is 9.37. The number of benzene rings is 2. The first-order chi connectivity index (χ1) is 18.1. The molecular weight excluding hydrogens is 491 g/mol. The lowest BCUT2D eigenvalue weighted by Gasteiger charge is -2.21. The van der Waals surface area contributed by atoms with E-state index in [0.29, 0.717) is 17.9 Å². The molecule has 4 rings (SSSR count). The number of nitrogens with zero attached hydrogens (tertiary/aromatic N) is 3. The number of nitro groups is 1. The van der Waals surface area contributed by atoms with E-state index < -0.39 is 28.0 Å². The van der Waals surface area contributed by atoms with Crippen molar-refractivity contribution in [2.45, 2.75) is 32.8 Å². The van der Waals surface area contributed by atoms with Crippen LogP contribution in [-0.2, 0) is 16.0 Å². The van der Waals surface area contributed by atoms with Gasteiger partial charge in [0, 0.05) is 24.1 Å². The molecule has 9 nitrogen and oxygen atoms in total. The lowest BCUT2D eigenvalue weighted by molar-refractivity contribution is -0.385. The first kappa shape index (κ1) is 26.2. The van der Waals surface area contributed by atoms with Gasteiger partial charge in [-0.2, -0.15) is 0 Å². The average Bonchev–Trinajstić information content (AvgIpc) is 3.37. The van der Waals surface area contributed by atoms with Crippen LogP contribution in [0, 0.1) is 15.9 Å². The maximum Gasteiger partial charge on any atom is 0.355 e. The molecule has 0 saturated heterocycles. The van der Waals surface area contributed by atoms with Crippen LogP contribution >= 0.6 is 0 Å². The van der Waals surface area contributed by atoms with Crippen LogP contribution in [0.15, 0.2) is 83.2 Å². The zero-order chi connectivity index (χ0) is 27.3. The third-order valence-electron chi connectivity index (χ3n) is 5.15. The Morgan fingerprint density at radius 3 is 2.58 bits per heavy atom. The highest BCUT2D eigenvalue weighted by Gasteiger charge is 2.23. The van der Waals surface area contributed by atoms with Crippen LogP contribution in [0.25, 0.3) is 17.3 Å². The number of nitro benzene ring substituents is 1. The van der Waals surface area contributed by atoms with Gasteiger partial charge >= 0.3 is 5.97 Å². The number of esters is 1. The predicted octanol–water partition coefficient (Wildman–Crippen LogP) is 6.17. The van der Waals surface area contributed by atoms with Gasteiger partial charge in [0.1, 0.15) is 22.9 Å². The van der Waals surface area contributed by atoms with Crippen molar-refractivity contribution in [3.05, 3.63) is 112 Å². The Balaban J connectivity index is 1.78. The molecule has 194 valence electrons. The van der Waals surface area contributed by atoms with Gasteiger partial charge in [0.15, 0.2) is 5.82 Å². The highest BCUT2D eigenvalue weighted by molar-refractivity contribution is 5.96. The molecule has 4 aromatic rings. The van der Waals surface area contributed by atoms with E-state index in [0.717, 1.165) is 17.7 Å². The van der Waals surface area contributed by atoms with Crippen LogP contribution in [0.1, 0.15) is 37.8 Å². The largest absolute Gasteiger partial charge is 0.465 e. The van der Waals surface area contributed by atoms with Gasteiger partial charge in [0.25, 0.3) is 5.69 Å². The monoisotopic (exact) mass is 516 g/mol. The van der Waals surface area contributed by atoms with Gasteiger partial charge in [-0.25, -0.2) is 19.2 Å². The van der Waals surface area contributed by atoms with E-state index in [2.05, 4.69) is 15.3 Å². The number of non-ortho nitro benzene ring substituents is 1. The van der Waals surface area contributed by atoms with Gasteiger partial charge in [0.2, 0.25) is 0 Å². The molecule has 2 heterocycles. The number of rotatable bonds is 8. The molecule has 0 aliphatic rings. The molecule has 0 amide bonds. The van der Waals surface area contributed by atoms with Gasteiger partial charge in [-0.05, 0) is 44.5 Å². The SMILES string of the molecule is CC(C)(C)OC(=O)C(=Cc1ccco1)Nc1ncc(-c2cc(F)cc([N+](=O)[O-])c2)nc1Cc1ccccc1. The fourth-order valence-corrected chi connectivity index (χ4v) is 3.53. The number of anilines is 1. The Bertz CT molecular complexity index is 1480. The summed E-state index contributed by atoms with van der Waals surface area (Å²) in [6, 6.07) is 16.0. The molecule has 38 heavy (non-hydrogen) atoms. The number of furan rings is 1. The van der Waals surface area contributed by atoms with E-state index in [1.165, 1.54) is 24.6 Å². The van der Waals surface area contributed by atoms with E-state index in [1.54, 1.807) is 32.9 Å². The molecule has 0 aliphatic heterocycles. The molecule has 0 atom stereocenters. The molecule has 2 aromatic carbocycles. The molecule has 10 heteroatoms. The number of ether oxygens (including phenoxy) is 1. The van der Waals surface area contributed by atoms with Crippen molar-refractivity contribution in [3.8, 4) is 11.3 Å². The van der Waals surface area contributed by atoms with E-state index >= 15 is 0 Å². The minimum atomic E-state index is -0.767. The third-order valence-corrected chi connectivity index (χ3v) is 5.15. The van der Waals surface area contributed by atoms with E-state index in [1.807, 2.05) is 30.3 Å². The number of nitrogens with one attached hydrogen (secondary N) is 1. The molecular formula is C28H25FN4O5. The minimum absolute atomic E-state index is 0.0626. The van der Waals surface area contributed by atoms with Gasteiger partial charge in [-0.1, -0.05) is 30.3 Å². The number of aromatic nitrogens is 2. The van der Waals surface area contributed by atoms with E-state index in [-0.39, 0.29) is 22.8 Å². The fourth-order valence-electron chi connectivity index (χ4n) is 3.53. The van der Waals surface area contributed by atoms with Crippen molar-refractivity contribution in [2.24, 2.45) is 0 Å². The number of halogens is 1. The molecule has 0 aliphatic carbocycles. The molecule has 0 unspecified atom stereocenters. The van der Waals surface area contributed by atoms with Gasteiger partial charge < -0.3 is 14.5 Å². The number of hydrogen-bond acceptors (Lipinski definition) is 8. The summed E-state index contributed by atoms with van der Waals surface area (Å²) in [6.07, 6.45) is 4.64. The average molecular weight is 517 g/mol. The van der Waals surface area contributed by atoms with Crippen molar-refractivity contribution in [1.29, 1.82) is 0 Å². The summed E-state index contributed by atoms with van der Waals surface area (Å²) in [4.78, 5) is 32.7. The Hall–Kier alpha value is -4.86. The first-order valence-electron chi connectivity index (χ1n) is 11.7. The van der Waals surface area contributed by atoms with E-state index in [9.17, 15) is 19.3 Å². The molecule has 0 bridgehead atoms. The number of hydrogen-bond donors (Lipinski definition) is 1. The maximum absolute atomic E-state index is 14.1. The third kappa shape index (κ3) is 6.88. The highest BCUT2D eigenvalue weighted by Crippen LogP contribution is 2.27. The van der Waals surface area contributed by atoms with Crippen LogP contribution in [0.3, 0.4) is 0 Å². The molecule has 1 N–H and O–H groups in total. The van der Waals surface area contributed by atoms with Crippen molar-refractivity contribution in [3.63, 3.8) is 0 Å². The first-order valence-corrected chi connectivity index (χ1v) is 11.7. The van der Waals surface area contributed by atoms with Crippen LogP contribution in [0.4, 0.5) is 15.9 Å². The molecule has 0 saturated carbocycles. The molecule has 2 aromatic heterocycles. The van der Waals surface area contributed by atoms with E-state index in [4.69, 9.17) is 9.15 Å². The van der Waals surface area contributed by atoms with Crippen LogP contribution < -0.4 is 5.32 Å². The number of carbonyl (C=O) groups excluding carboxylic acids is 1. The van der Waals surface area contributed by atoms with Crippen molar-refractivity contribution in [2.75, 3.05) is 5.32 Å². The maximum atomic E-state index is 14.1. The second-order valence-electron chi connectivity index (χ2n) is 9.37. The Morgan fingerprint density at radius 1 is 1.16 bits per heavy atom. The lowest BCUT2D eigenvalue weighted by atomic mass is 10.1. The standard InChI is InChI=1S/C28H25FN4O5/c1-28(2,3)38-27(34)24(16-22-10-7-11-37-22)32-26-23(12-18-8-5-4-6-9-18)31-25(17-30-26)19-13-20(29)15-21(14-19)33(35)36/h4-11,13-17H,12H2,1-3H3,(H,30,32). The summed E-state index contributed by atoms with van der Waals surface area (Å²) in [6.45, 7) is 5.26. The Morgan fingerprint density at radius 2 is 1.92 bits per heavy atom. The molecule has 0 spiro atoms. The summed E-state index contributed by atoms with van der Waals surface area (Å²) in [7, 11) is 0. The van der Waals surface area contributed by atoms with Crippen LogP contribution in [0.2, 0.25) is 0 Å². The summed E-state index contributed by atoms with van der Waals surface area (Å²) in [5, 5.41) is 14.3. The molecule has 0 radical (unpaired) electrons. The Kier molecular flexibility index (Phi) is 7.61. The smallest absolute Gasteiger partial charge is 0.355 e. The quantitative estimate of drug-likeness (QED) is 0.128. The van der Waals surface area contributed by atoms with Crippen molar-refractivity contribution in [1.82, 2.24) is 9.97 Å². The Labute approximate surface area is 218 Å². The number of carbonyl (C=O) groups is 1. The van der Waals surface area contributed by atoms with Gasteiger partial charge in [-0.3, -0.25) is 10.1 Å². The summed E-state index contributed by atoms with van der Waals surface area (Å²) in [5.74, 6) is -0.727. The summed E-state index contributed by atoms with van der Waals surface area (Å²) in [5.41, 5.74) is 0.669. The fraction of sp³-hybridized carbons (Fsp3) is 0.179. The topological polar surface area (TPSA) is 120 Å². The normalized spacial score (nSPS) is 11.7.